The van der Waals surface area contributed by atoms with Gasteiger partial charge in [-0.05, 0) is 72.8 Å². The van der Waals surface area contributed by atoms with E-state index in [1.165, 1.54) is 0 Å². The van der Waals surface area contributed by atoms with Crippen LogP contribution in [0.15, 0.2) is 150 Å². The Hall–Kier alpha value is -6.86. The molecule has 0 bridgehead atoms. The Labute approximate surface area is 280 Å². The fourth-order valence-electron chi connectivity index (χ4n) is 6.37. The van der Waals surface area contributed by atoms with Crippen LogP contribution in [0.1, 0.15) is 0 Å². The number of hydrogen-bond donors (Lipinski definition) is 4. The molecule has 3 heterocycles. The number of aromatic nitrogens is 4. The summed E-state index contributed by atoms with van der Waals surface area (Å²) in [7, 11) is 0. The molecule has 7 heteroatoms. The zero-order valence-electron chi connectivity index (χ0n) is 26.1. The van der Waals surface area contributed by atoms with Gasteiger partial charge in [-0.3, -0.25) is 0 Å². The molecule has 3 aromatic heterocycles. The monoisotopic (exact) mass is 636 g/mol. The van der Waals surface area contributed by atoms with Crippen molar-refractivity contribution in [2.45, 2.75) is 0 Å². The molecule has 7 nitrogen and oxygen atoms in total. The van der Waals surface area contributed by atoms with Crippen LogP contribution in [0.25, 0.3) is 89.7 Å². The fraction of sp³-hybridized carbons (Fsp3) is 0. The Kier molecular flexibility index (Phi) is 6.62. The van der Waals surface area contributed by atoms with Gasteiger partial charge in [0.25, 0.3) is 0 Å². The molecule has 0 saturated heterocycles. The second kappa shape index (κ2) is 11.4. The van der Waals surface area contributed by atoms with E-state index >= 15 is 0 Å². The second-order valence-corrected chi connectivity index (χ2v) is 12.0. The molecule has 0 atom stereocenters. The number of imidazole rings is 2. The van der Waals surface area contributed by atoms with Gasteiger partial charge in [0.2, 0.25) is 0 Å². The molecule has 0 aliphatic heterocycles. The van der Waals surface area contributed by atoms with Gasteiger partial charge in [0.05, 0.1) is 22.8 Å². The Morgan fingerprint density at radius 1 is 0.408 bits per heavy atom. The number of nitrogens with zero attached hydrogens (tertiary/aromatic N) is 2. The average Bonchev–Trinajstić information content (AvgIpc) is 3.88. The number of aromatic hydroxyl groups is 2. The summed E-state index contributed by atoms with van der Waals surface area (Å²) in [4.78, 5) is 17.1. The lowest BCUT2D eigenvalue weighted by molar-refractivity contribution is 0.475. The molecule has 9 aromatic rings. The van der Waals surface area contributed by atoms with Crippen LogP contribution in [0.3, 0.4) is 0 Å². The Bertz CT molecular complexity index is 2420. The third-order valence-corrected chi connectivity index (χ3v) is 8.83. The van der Waals surface area contributed by atoms with Crippen LogP contribution < -0.4 is 0 Å². The van der Waals surface area contributed by atoms with Crippen LogP contribution in [0, 0.1) is 0 Å². The maximum absolute atomic E-state index is 9.83. The van der Waals surface area contributed by atoms with Gasteiger partial charge < -0.3 is 24.6 Å². The average molecular weight is 637 g/mol. The molecule has 0 unspecified atom stereocenters. The summed E-state index contributed by atoms with van der Waals surface area (Å²) in [5, 5.41) is 21.7. The van der Waals surface area contributed by atoms with Gasteiger partial charge in [-0.25, -0.2) is 9.97 Å². The van der Waals surface area contributed by atoms with Crippen molar-refractivity contribution in [3.8, 4) is 79.3 Å². The molecule has 0 amide bonds. The largest absolute Gasteiger partial charge is 0.508 e. The molecule has 0 spiro atoms. The Morgan fingerprint density at radius 3 is 1.39 bits per heavy atom. The van der Waals surface area contributed by atoms with Gasteiger partial charge in [0, 0.05) is 44.2 Å². The minimum atomic E-state index is 0.207. The van der Waals surface area contributed by atoms with Gasteiger partial charge in [0.1, 0.15) is 34.3 Å². The lowest BCUT2D eigenvalue weighted by Gasteiger charge is -2.03. The maximum atomic E-state index is 9.83. The zero-order valence-corrected chi connectivity index (χ0v) is 26.1. The van der Waals surface area contributed by atoms with Gasteiger partial charge in [-0.1, -0.05) is 72.8 Å². The minimum Gasteiger partial charge on any atom is -0.508 e. The van der Waals surface area contributed by atoms with Crippen molar-refractivity contribution in [2.75, 3.05) is 0 Å². The molecule has 49 heavy (non-hydrogen) atoms. The number of benzene rings is 6. The number of H-pyrrole nitrogens is 2. The van der Waals surface area contributed by atoms with Gasteiger partial charge in [-0.2, -0.15) is 0 Å². The normalized spacial score (nSPS) is 11.4. The highest BCUT2D eigenvalue weighted by atomic mass is 16.3. The lowest BCUT2D eigenvalue weighted by atomic mass is 10.0. The predicted octanol–water partition coefficient (Wildman–Crippen LogP) is 10.4. The van der Waals surface area contributed by atoms with Crippen LogP contribution in [-0.4, -0.2) is 30.1 Å². The second-order valence-electron chi connectivity index (χ2n) is 12.0. The van der Waals surface area contributed by atoms with Crippen molar-refractivity contribution in [3.05, 3.63) is 146 Å². The van der Waals surface area contributed by atoms with Crippen molar-refractivity contribution >= 4 is 21.9 Å². The summed E-state index contributed by atoms with van der Waals surface area (Å²) in [5.41, 5.74) is 10.6. The fourth-order valence-corrected chi connectivity index (χ4v) is 6.37. The molecule has 6 aromatic carbocycles. The van der Waals surface area contributed by atoms with Crippen molar-refractivity contribution in [2.24, 2.45) is 0 Å². The van der Waals surface area contributed by atoms with E-state index in [1.54, 1.807) is 24.3 Å². The summed E-state index contributed by atoms with van der Waals surface area (Å²) < 4.78 is 6.55. The third-order valence-electron chi connectivity index (χ3n) is 8.83. The van der Waals surface area contributed by atoms with Gasteiger partial charge >= 0.3 is 0 Å². The number of furan rings is 1. The first-order valence-corrected chi connectivity index (χ1v) is 15.9. The molecular formula is C42H28N4O3. The minimum absolute atomic E-state index is 0.207. The van der Waals surface area contributed by atoms with Crippen LogP contribution in [0.2, 0.25) is 0 Å². The van der Waals surface area contributed by atoms with E-state index in [0.717, 1.165) is 78.1 Å². The van der Waals surface area contributed by atoms with Crippen molar-refractivity contribution in [3.63, 3.8) is 0 Å². The number of aromatic amines is 2. The van der Waals surface area contributed by atoms with E-state index in [9.17, 15) is 10.2 Å². The topological polar surface area (TPSA) is 111 Å². The van der Waals surface area contributed by atoms with Crippen LogP contribution in [-0.2, 0) is 0 Å². The molecule has 234 valence electrons. The first-order chi connectivity index (χ1) is 24.1. The quantitative estimate of drug-likeness (QED) is 0.145. The summed E-state index contributed by atoms with van der Waals surface area (Å²) >= 11 is 0. The smallest absolute Gasteiger partial charge is 0.138 e. The first kappa shape index (κ1) is 28.4. The van der Waals surface area contributed by atoms with E-state index in [-0.39, 0.29) is 11.5 Å². The molecule has 9 rings (SSSR count). The Balaban J connectivity index is 1.15. The maximum Gasteiger partial charge on any atom is 0.138 e. The highest BCUT2D eigenvalue weighted by Crippen LogP contribution is 2.39. The van der Waals surface area contributed by atoms with Crippen molar-refractivity contribution in [1.82, 2.24) is 19.9 Å². The highest BCUT2D eigenvalue weighted by molar-refractivity contribution is 6.07. The Morgan fingerprint density at radius 2 is 0.837 bits per heavy atom. The summed E-state index contributed by atoms with van der Waals surface area (Å²) in [6, 6.07) is 46.8. The molecular weight excluding hydrogens is 608 g/mol. The van der Waals surface area contributed by atoms with Crippen molar-refractivity contribution < 1.29 is 14.6 Å². The van der Waals surface area contributed by atoms with E-state index < -0.39 is 0 Å². The van der Waals surface area contributed by atoms with E-state index in [0.29, 0.717) is 11.6 Å². The number of fused-ring (bicyclic) bond motifs is 3. The van der Waals surface area contributed by atoms with E-state index in [1.807, 2.05) is 78.9 Å². The third kappa shape index (κ3) is 5.10. The van der Waals surface area contributed by atoms with E-state index in [4.69, 9.17) is 14.4 Å². The number of phenols is 2. The highest BCUT2D eigenvalue weighted by Gasteiger charge is 2.19. The number of nitrogens with one attached hydrogen (secondary N) is 2. The standard InChI is InChI=1S/C42H28N4O3/c47-31-17-11-27(12-18-31)41-43-37(25-7-3-1-4-8-25)39(45-41)29-15-21-33-34-22-16-30(24-36(34)49-35(33)23-29)40-38(26-9-5-2-6-10-26)44-42(46-40)28-13-19-32(48)20-14-28/h1-24,47-48H,(H,43,45)(H,44,46). The van der Waals surface area contributed by atoms with Crippen molar-refractivity contribution in [1.29, 1.82) is 0 Å². The molecule has 0 radical (unpaired) electrons. The molecule has 0 fully saturated rings. The molecule has 0 aliphatic carbocycles. The summed E-state index contributed by atoms with van der Waals surface area (Å²) in [6.45, 7) is 0. The first-order valence-electron chi connectivity index (χ1n) is 15.9. The molecule has 4 N–H and O–H groups in total. The van der Waals surface area contributed by atoms with E-state index in [2.05, 4.69) is 52.4 Å². The summed E-state index contributed by atoms with van der Waals surface area (Å²) in [6.07, 6.45) is 0. The number of hydrogen-bond acceptors (Lipinski definition) is 5. The summed E-state index contributed by atoms with van der Waals surface area (Å²) in [5.74, 6) is 1.84. The molecule has 0 aliphatic rings. The number of rotatable bonds is 6. The van der Waals surface area contributed by atoms with Crippen LogP contribution >= 0.6 is 0 Å². The lowest BCUT2D eigenvalue weighted by Crippen LogP contribution is -1.84. The van der Waals surface area contributed by atoms with Crippen LogP contribution in [0.4, 0.5) is 0 Å². The predicted molar refractivity (Wildman–Crippen MR) is 194 cm³/mol. The molecule has 0 saturated carbocycles. The zero-order chi connectivity index (χ0) is 32.9. The number of phenolic OH excluding ortho intramolecular Hbond substituents is 2. The SMILES string of the molecule is Oc1ccc(-c2nc(-c3ccc4c(c3)oc3cc(-c5[nH]c(-c6ccc(O)cc6)nc5-c5ccccc5)ccc34)c(-c3ccccc3)[nH]2)cc1. The van der Waals surface area contributed by atoms with Crippen LogP contribution in [0.5, 0.6) is 11.5 Å². The van der Waals surface area contributed by atoms with Gasteiger partial charge in [-0.15, -0.1) is 0 Å². The van der Waals surface area contributed by atoms with Gasteiger partial charge in [0.15, 0.2) is 0 Å².